The molecule has 3 aliphatic heterocycles. The number of rotatable bonds is 10. The lowest BCUT2D eigenvalue weighted by atomic mass is 9.53. The predicted molar refractivity (Wildman–Crippen MR) is 224 cm³/mol. The Morgan fingerprint density at radius 2 is 1.50 bits per heavy atom. The fourth-order valence-electron chi connectivity index (χ4n) is 12.0. The number of nitrogens with zero attached hydrogens (tertiary/aromatic N) is 4. The number of ether oxygens (including phenoxy) is 1. The Hall–Kier alpha value is -3.46. The fourth-order valence-corrected chi connectivity index (χ4v) is 14.8. The molecule has 1 N–H and O–H groups in total. The monoisotopic (exact) mass is 833 g/mol. The van der Waals surface area contributed by atoms with Crippen molar-refractivity contribution in [2.24, 2.45) is 16.2 Å². The van der Waals surface area contributed by atoms with E-state index in [1.807, 2.05) is 45.9 Å². The van der Waals surface area contributed by atoms with Crippen LogP contribution < -0.4 is 9.46 Å². The topological polar surface area (TPSA) is 138 Å². The lowest BCUT2D eigenvalue weighted by Crippen LogP contribution is -2.50. The lowest BCUT2D eigenvalue weighted by Gasteiger charge is -2.48. The molecule has 2 saturated heterocycles. The van der Waals surface area contributed by atoms with Gasteiger partial charge >= 0.3 is 0 Å². The van der Waals surface area contributed by atoms with E-state index < -0.39 is 36.8 Å². The van der Waals surface area contributed by atoms with Crippen LogP contribution in [-0.4, -0.2) is 97.3 Å². The standard InChI is InChI=1S/C44H59N5O7S2/c1-27(2)49(28(3)4)58(54,55)47-24-42-17-18-43(42,25-47)23-46(22-42)41(51)44-21-36(44)35-20-32(56-7)14-16-33(35)39-38(30-11-9-8-10-12-30)34-15-13-31(19-37(34)48(39)26-44)40(50)45-57(52,53)29(5)6/h13-16,19-20,27-30,36H,8-12,17-18,21-26H2,1-7H3,(H,45,50)/t36-,42?,43?,44-/m0/s1. The summed E-state index contributed by atoms with van der Waals surface area (Å²) in [7, 11) is -5.87. The third-order valence-electron chi connectivity index (χ3n) is 15.1. The maximum Gasteiger partial charge on any atom is 0.282 e. The summed E-state index contributed by atoms with van der Waals surface area (Å²) in [6.45, 7) is 13.2. The summed E-state index contributed by atoms with van der Waals surface area (Å²) in [6, 6.07) is 11.5. The molecular formula is C44H59N5O7S2. The molecule has 314 valence electrons. The molecule has 0 radical (unpaired) electrons. The molecule has 1 aromatic heterocycles. The first kappa shape index (κ1) is 40.0. The number of hydrogen-bond donors (Lipinski definition) is 1. The van der Waals surface area contributed by atoms with Crippen molar-refractivity contribution in [1.82, 2.24) is 22.8 Å². The Labute approximate surface area is 343 Å². The first-order valence-electron chi connectivity index (χ1n) is 21.4. The van der Waals surface area contributed by atoms with E-state index in [0.29, 0.717) is 45.1 Å². The average Bonchev–Trinajstić information content (AvgIpc) is 3.70. The van der Waals surface area contributed by atoms with E-state index in [0.717, 1.165) is 72.0 Å². The van der Waals surface area contributed by atoms with Crippen molar-refractivity contribution >= 4 is 42.9 Å². The molecule has 14 heteroatoms. The van der Waals surface area contributed by atoms with E-state index in [1.165, 1.54) is 12.0 Å². The number of carbonyl (C=O) groups excluding carboxylic acids is 2. The normalized spacial score (nSPS) is 28.3. The van der Waals surface area contributed by atoms with Crippen LogP contribution in [0.2, 0.25) is 0 Å². The number of benzene rings is 2. The number of fused-ring (bicyclic) bond motifs is 7. The van der Waals surface area contributed by atoms with Gasteiger partial charge in [0.05, 0.1) is 23.5 Å². The highest BCUT2D eigenvalue weighted by Crippen LogP contribution is 2.70. The van der Waals surface area contributed by atoms with Gasteiger partial charge in [0, 0.05) is 83.6 Å². The summed E-state index contributed by atoms with van der Waals surface area (Å²) in [6.07, 6.45) is 8.04. The predicted octanol–water partition coefficient (Wildman–Crippen LogP) is 6.61. The van der Waals surface area contributed by atoms with Crippen molar-refractivity contribution in [1.29, 1.82) is 0 Å². The summed E-state index contributed by atoms with van der Waals surface area (Å²) in [5, 5.41) is 0.272. The second kappa shape index (κ2) is 13.5. The van der Waals surface area contributed by atoms with Crippen molar-refractivity contribution in [2.75, 3.05) is 33.3 Å². The van der Waals surface area contributed by atoms with Crippen LogP contribution in [0.15, 0.2) is 36.4 Å². The van der Waals surface area contributed by atoms with Crippen LogP contribution in [0.5, 0.6) is 5.75 Å². The minimum Gasteiger partial charge on any atom is -0.497 e. The van der Waals surface area contributed by atoms with E-state index in [9.17, 15) is 21.6 Å². The van der Waals surface area contributed by atoms with Crippen molar-refractivity contribution in [2.45, 2.75) is 129 Å². The van der Waals surface area contributed by atoms with Crippen LogP contribution in [0.3, 0.4) is 0 Å². The molecule has 3 aliphatic carbocycles. The van der Waals surface area contributed by atoms with Gasteiger partial charge in [-0.2, -0.15) is 17.0 Å². The van der Waals surface area contributed by atoms with Gasteiger partial charge < -0.3 is 14.2 Å². The van der Waals surface area contributed by atoms with Gasteiger partial charge in [-0.05, 0) is 121 Å². The third-order valence-corrected chi connectivity index (χ3v) is 19.1. The number of likely N-dealkylation sites (tertiary alicyclic amines) is 1. The van der Waals surface area contributed by atoms with Crippen LogP contribution in [0.25, 0.3) is 22.2 Å². The number of sulfonamides is 1. The SMILES string of the molecule is COc1ccc2c(c1)[C@@H]1C[C@]1(C(=O)N1CC34CCC3(C1)CN(S(=O)(=O)N(C(C)C)C(C)C)C4)Cn1c-2c(C2CCCCC2)c2ccc(C(=O)NS(=O)(=O)C(C)C)cc21. The average molecular weight is 834 g/mol. The van der Waals surface area contributed by atoms with Gasteiger partial charge in [0.2, 0.25) is 15.9 Å². The molecule has 9 rings (SSSR count). The second-order valence-electron chi connectivity index (χ2n) is 19.3. The van der Waals surface area contributed by atoms with Crippen LogP contribution in [0.4, 0.5) is 0 Å². The Balaban J connectivity index is 1.12. The summed E-state index contributed by atoms with van der Waals surface area (Å²) in [4.78, 5) is 31.1. The minimum absolute atomic E-state index is 0.0440. The molecule has 3 saturated carbocycles. The van der Waals surface area contributed by atoms with Gasteiger partial charge in [0.25, 0.3) is 16.1 Å². The van der Waals surface area contributed by atoms with Crippen LogP contribution in [-0.2, 0) is 31.6 Å². The number of methoxy groups -OCH3 is 1. The molecule has 2 unspecified atom stereocenters. The van der Waals surface area contributed by atoms with E-state index in [2.05, 4.69) is 26.3 Å². The molecule has 12 nitrogen and oxygen atoms in total. The molecule has 58 heavy (non-hydrogen) atoms. The molecule has 3 aromatic rings. The summed E-state index contributed by atoms with van der Waals surface area (Å²) in [5.74, 6) is 0.450. The van der Waals surface area contributed by atoms with E-state index >= 15 is 4.79 Å². The Bertz CT molecular complexity index is 2410. The van der Waals surface area contributed by atoms with E-state index in [1.54, 1.807) is 35.6 Å². The van der Waals surface area contributed by atoms with Crippen LogP contribution >= 0.6 is 0 Å². The van der Waals surface area contributed by atoms with Crippen molar-refractivity contribution in [3.8, 4) is 17.0 Å². The highest BCUT2D eigenvalue weighted by atomic mass is 32.2. The lowest BCUT2D eigenvalue weighted by molar-refractivity contribution is -0.137. The molecule has 6 aliphatic rings. The van der Waals surface area contributed by atoms with Gasteiger partial charge in [0.1, 0.15) is 5.75 Å². The van der Waals surface area contributed by atoms with Gasteiger partial charge in [-0.15, -0.1) is 0 Å². The first-order valence-corrected chi connectivity index (χ1v) is 24.3. The largest absolute Gasteiger partial charge is 0.497 e. The van der Waals surface area contributed by atoms with Crippen LogP contribution in [0, 0.1) is 16.2 Å². The molecule has 2 aromatic carbocycles. The van der Waals surface area contributed by atoms with Gasteiger partial charge in [0.15, 0.2) is 0 Å². The maximum atomic E-state index is 15.4. The van der Waals surface area contributed by atoms with E-state index in [-0.39, 0.29) is 40.3 Å². The van der Waals surface area contributed by atoms with Crippen molar-refractivity contribution < 1.29 is 31.2 Å². The van der Waals surface area contributed by atoms with Crippen molar-refractivity contribution in [3.05, 3.63) is 53.1 Å². The highest BCUT2D eigenvalue weighted by molar-refractivity contribution is 7.90. The molecule has 4 atom stereocenters. The van der Waals surface area contributed by atoms with Crippen molar-refractivity contribution in [3.63, 3.8) is 0 Å². The van der Waals surface area contributed by atoms with Gasteiger partial charge in [-0.1, -0.05) is 25.3 Å². The molecule has 0 bridgehead atoms. The maximum absolute atomic E-state index is 15.4. The van der Waals surface area contributed by atoms with Crippen LogP contribution in [0.1, 0.15) is 126 Å². The number of nitrogens with one attached hydrogen (secondary N) is 1. The second-order valence-corrected chi connectivity index (χ2v) is 23.4. The van der Waals surface area contributed by atoms with E-state index in [4.69, 9.17) is 4.74 Å². The fraction of sp³-hybridized carbons (Fsp3) is 0.636. The Morgan fingerprint density at radius 3 is 2.09 bits per heavy atom. The third kappa shape index (κ3) is 5.77. The zero-order chi connectivity index (χ0) is 41.3. The van der Waals surface area contributed by atoms with Gasteiger partial charge in [-0.25, -0.2) is 13.1 Å². The highest BCUT2D eigenvalue weighted by Gasteiger charge is 2.73. The molecular weight excluding hydrogens is 775 g/mol. The number of amides is 2. The number of aromatic nitrogens is 1. The molecule has 0 spiro atoms. The summed E-state index contributed by atoms with van der Waals surface area (Å²) >= 11 is 0. The molecule has 5 fully saturated rings. The zero-order valence-corrected chi connectivity index (χ0v) is 36.6. The number of hydrogen-bond acceptors (Lipinski definition) is 7. The number of carbonyl (C=O) groups is 2. The summed E-state index contributed by atoms with van der Waals surface area (Å²) < 4.78 is 67.5. The smallest absolute Gasteiger partial charge is 0.282 e. The molecule has 2 amide bonds. The quantitative estimate of drug-likeness (QED) is 0.243. The first-order chi connectivity index (χ1) is 27.4. The molecule has 4 heterocycles. The zero-order valence-electron chi connectivity index (χ0n) is 35.0. The Morgan fingerprint density at radius 1 is 0.845 bits per heavy atom. The van der Waals surface area contributed by atoms with Gasteiger partial charge in [-0.3, -0.25) is 9.59 Å². The summed E-state index contributed by atoms with van der Waals surface area (Å²) in [5.41, 5.74) is 4.34. The Kier molecular flexibility index (Phi) is 9.32. The minimum atomic E-state index is -3.86.